The van der Waals surface area contributed by atoms with Crippen molar-refractivity contribution in [2.24, 2.45) is 10.9 Å². The molecule has 0 radical (unpaired) electrons. The average Bonchev–Trinajstić information content (AvgIpc) is 2.47. The predicted molar refractivity (Wildman–Crippen MR) is 84.9 cm³/mol. The fourth-order valence-electron chi connectivity index (χ4n) is 1.79. The Bertz CT molecular complexity index is 477. The fourth-order valence-corrected chi connectivity index (χ4v) is 1.79. The second-order valence-corrected chi connectivity index (χ2v) is 5.38. The minimum absolute atomic E-state index is 0.0534. The number of aliphatic hydroxyl groups is 1. The van der Waals surface area contributed by atoms with Crippen molar-refractivity contribution >= 4 is 5.96 Å². The first-order valence-electron chi connectivity index (χ1n) is 7.39. The van der Waals surface area contributed by atoms with E-state index in [1.54, 1.807) is 19.1 Å². The van der Waals surface area contributed by atoms with Gasteiger partial charge in [0.25, 0.3) is 0 Å². The van der Waals surface area contributed by atoms with Crippen LogP contribution in [0.5, 0.6) is 0 Å². The van der Waals surface area contributed by atoms with Crippen LogP contribution in [0.15, 0.2) is 23.2 Å². The maximum atomic E-state index is 13.6. The number of aliphatic imine (C=N–C) groups is 1. The van der Waals surface area contributed by atoms with Crippen LogP contribution in [-0.4, -0.2) is 30.8 Å². The summed E-state index contributed by atoms with van der Waals surface area (Å²) in [6, 6.07) is 5.19. The molecule has 0 aliphatic carbocycles. The lowest BCUT2D eigenvalue weighted by atomic mass is 10.1. The van der Waals surface area contributed by atoms with Gasteiger partial charge in [-0.2, -0.15) is 0 Å². The molecule has 1 aromatic carbocycles. The molecule has 2 unspecified atom stereocenters. The Hall–Kier alpha value is -1.62. The van der Waals surface area contributed by atoms with Crippen LogP contribution >= 0.6 is 0 Å². The first-order valence-corrected chi connectivity index (χ1v) is 7.39. The molecule has 3 N–H and O–H groups in total. The van der Waals surface area contributed by atoms with Gasteiger partial charge in [-0.1, -0.05) is 19.1 Å². The van der Waals surface area contributed by atoms with Crippen molar-refractivity contribution in [3.63, 3.8) is 0 Å². The number of nitrogens with zero attached hydrogens (tertiary/aromatic N) is 1. The summed E-state index contributed by atoms with van der Waals surface area (Å²) in [4.78, 5) is 4.43. The zero-order valence-corrected chi connectivity index (χ0v) is 13.3. The number of nitrogens with one attached hydrogen (secondary N) is 2. The lowest BCUT2D eigenvalue weighted by Gasteiger charge is -2.19. The standard InChI is InChI=1S/C16H26FN3O/c1-5-18-16(19-9-11(2)10-21)20-13(4)14-7-6-12(3)15(17)8-14/h6-8,11,13,21H,5,9-10H2,1-4H3,(H2,18,19,20). The van der Waals surface area contributed by atoms with Crippen LogP contribution in [0.3, 0.4) is 0 Å². The molecule has 0 saturated heterocycles. The quantitative estimate of drug-likeness (QED) is 0.558. The number of rotatable bonds is 6. The molecule has 0 amide bonds. The molecule has 5 heteroatoms. The highest BCUT2D eigenvalue weighted by Gasteiger charge is 2.10. The Balaban J connectivity index is 2.75. The second kappa shape index (κ2) is 8.62. The van der Waals surface area contributed by atoms with E-state index in [4.69, 9.17) is 5.11 Å². The van der Waals surface area contributed by atoms with Crippen molar-refractivity contribution in [2.75, 3.05) is 19.7 Å². The molecule has 4 nitrogen and oxygen atoms in total. The minimum atomic E-state index is -0.197. The van der Waals surface area contributed by atoms with E-state index in [-0.39, 0.29) is 24.4 Å². The van der Waals surface area contributed by atoms with Crippen LogP contribution in [0, 0.1) is 18.7 Å². The number of benzene rings is 1. The average molecular weight is 295 g/mol. The summed E-state index contributed by atoms with van der Waals surface area (Å²) in [6.07, 6.45) is 0. The molecule has 0 bridgehead atoms. The Morgan fingerprint density at radius 1 is 1.38 bits per heavy atom. The monoisotopic (exact) mass is 295 g/mol. The number of guanidine groups is 1. The van der Waals surface area contributed by atoms with Crippen molar-refractivity contribution in [3.8, 4) is 0 Å². The molecule has 1 aromatic rings. The highest BCUT2D eigenvalue weighted by Crippen LogP contribution is 2.16. The van der Waals surface area contributed by atoms with E-state index in [2.05, 4.69) is 15.6 Å². The number of hydrogen-bond donors (Lipinski definition) is 3. The van der Waals surface area contributed by atoms with E-state index >= 15 is 0 Å². The lowest BCUT2D eigenvalue weighted by Crippen LogP contribution is -2.39. The van der Waals surface area contributed by atoms with Crippen LogP contribution < -0.4 is 10.6 Å². The minimum Gasteiger partial charge on any atom is -0.396 e. The molecule has 0 aliphatic heterocycles. The number of hydrogen-bond acceptors (Lipinski definition) is 2. The van der Waals surface area contributed by atoms with Crippen LogP contribution in [0.25, 0.3) is 0 Å². The first-order chi connectivity index (χ1) is 9.97. The van der Waals surface area contributed by atoms with E-state index < -0.39 is 0 Å². The smallest absolute Gasteiger partial charge is 0.191 e. The molecule has 0 heterocycles. The largest absolute Gasteiger partial charge is 0.396 e. The summed E-state index contributed by atoms with van der Waals surface area (Å²) in [5.74, 6) is 0.593. The summed E-state index contributed by atoms with van der Waals surface area (Å²) >= 11 is 0. The number of aryl methyl sites for hydroxylation is 1. The third kappa shape index (κ3) is 5.71. The summed E-state index contributed by atoms with van der Waals surface area (Å²) in [7, 11) is 0. The molecule has 2 atom stereocenters. The molecular weight excluding hydrogens is 269 g/mol. The molecule has 118 valence electrons. The van der Waals surface area contributed by atoms with Crippen LogP contribution in [0.1, 0.15) is 37.9 Å². The Morgan fingerprint density at radius 2 is 2.10 bits per heavy atom. The Labute approximate surface area is 126 Å². The SMILES string of the molecule is CCNC(=NCC(C)CO)NC(C)c1ccc(C)c(F)c1. The Morgan fingerprint density at radius 3 is 2.67 bits per heavy atom. The third-order valence-electron chi connectivity index (χ3n) is 3.27. The molecule has 0 aromatic heterocycles. The lowest BCUT2D eigenvalue weighted by molar-refractivity contribution is 0.241. The molecule has 0 fully saturated rings. The van der Waals surface area contributed by atoms with E-state index in [9.17, 15) is 4.39 Å². The van der Waals surface area contributed by atoms with Gasteiger partial charge in [0.2, 0.25) is 0 Å². The van der Waals surface area contributed by atoms with Crippen molar-refractivity contribution in [1.29, 1.82) is 0 Å². The predicted octanol–water partition coefficient (Wildman–Crippen LogP) is 2.38. The second-order valence-electron chi connectivity index (χ2n) is 5.38. The van der Waals surface area contributed by atoms with Crippen LogP contribution in [0.2, 0.25) is 0 Å². The maximum absolute atomic E-state index is 13.6. The summed E-state index contributed by atoms with van der Waals surface area (Å²) in [5.41, 5.74) is 1.52. The van der Waals surface area contributed by atoms with Gasteiger partial charge >= 0.3 is 0 Å². The van der Waals surface area contributed by atoms with Crippen LogP contribution in [-0.2, 0) is 0 Å². The molecule has 0 spiro atoms. The van der Waals surface area contributed by atoms with E-state index in [1.165, 1.54) is 0 Å². The van der Waals surface area contributed by atoms with Gasteiger partial charge in [-0.15, -0.1) is 0 Å². The first kappa shape index (κ1) is 17.4. The van der Waals surface area contributed by atoms with Gasteiger partial charge in [0.05, 0.1) is 6.04 Å². The molecule has 0 aliphatic rings. The summed E-state index contributed by atoms with van der Waals surface area (Å²) in [5, 5.41) is 15.4. The molecule has 21 heavy (non-hydrogen) atoms. The van der Waals surface area contributed by atoms with Gasteiger partial charge in [0.15, 0.2) is 5.96 Å². The van der Waals surface area contributed by atoms with E-state index in [1.807, 2.05) is 26.8 Å². The number of halogens is 1. The van der Waals surface area contributed by atoms with Crippen LogP contribution in [0.4, 0.5) is 4.39 Å². The van der Waals surface area contributed by atoms with Gasteiger partial charge < -0.3 is 15.7 Å². The highest BCUT2D eigenvalue weighted by molar-refractivity contribution is 5.80. The summed E-state index contributed by atoms with van der Waals surface area (Å²) < 4.78 is 13.6. The molecule has 1 rings (SSSR count). The van der Waals surface area contributed by atoms with Crippen molar-refractivity contribution in [3.05, 3.63) is 35.1 Å². The third-order valence-corrected chi connectivity index (χ3v) is 3.27. The van der Waals surface area contributed by atoms with Crippen molar-refractivity contribution < 1.29 is 9.50 Å². The zero-order valence-electron chi connectivity index (χ0n) is 13.3. The zero-order chi connectivity index (χ0) is 15.8. The van der Waals surface area contributed by atoms with Gasteiger partial charge in [0.1, 0.15) is 5.82 Å². The highest BCUT2D eigenvalue weighted by atomic mass is 19.1. The van der Waals surface area contributed by atoms with E-state index in [0.29, 0.717) is 18.1 Å². The molecule has 0 saturated carbocycles. The van der Waals surface area contributed by atoms with E-state index in [0.717, 1.165) is 12.1 Å². The fraction of sp³-hybridized carbons (Fsp3) is 0.562. The van der Waals surface area contributed by atoms with Gasteiger partial charge in [-0.05, 0) is 43.9 Å². The van der Waals surface area contributed by atoms with Gasteiger partial charge in [-0.3, -0.25) is 4.99 Å². The van der Waals surface area contributed by atoms with Crippen molar-refractivity contribution in [2.45, 2.75) is 33.7 Å². The van der Waals surface area contributed by atoms with Gasteiger partial charge in [0, 0.05) is 19.7 Å². The topological polar surface area (TPSA) is 56.7 Å². The Kier molecular flexibility index (Phi) is 7.15. The molecular formula is C16H26FN3O. The maximum Gasteiger partial charge on any atom is 0.191 e. The summed E-state index contributed by atoms with van der Waals surface area (Å²) in [6.45, 7) is 9.04. The van der Waals surface area contributed by atoms with Gasteiger partial charge in [-0.25, -0.2) is 4.39 Å². The number of aliphatic hydroxyl groups excluding tert-OH is 1. The normalized spacial score (nSPS) is 14.7. The van der Waals surface area contributed by atoms with Crippen molar-refractivity contribution in [1.82, 2.24) is 10.6 Å².